The van der Waals surface area contributed by atoms with Crippen LogP contribution in [-0.2, 0) is 13.8 Å². The Morgan fingerprint density at radius 2 is 1.70 bits per heavy atom. The molecule has 4 rings (SSSR count). The maximum absolute atomic E-state index is 14.1. The summed E-state index contributed by atoms with van der Waals surface area (Å²) in [7, 11) is -2.96. The smallest absolute Gasteiger partial charge is 0.228 e. The van der Waals surface area contributed by atoms with Crippen LogP contribution in [0.1, 0.15) is 43.7 Å². The zero-order chi connectivity index (χ0) is 19.1. The minimum Gasteiger partial charge on any atom is -0.358 e. The molecule has 0 radical (unpaired) electrons. The molecule has 0 amide bonds. The van der Waals surface area contributed by atoms with Crippen molar-refractivity contribution in [2.24, 2.45) is 5.92 Å². The van der Waals surface area contributed by atoms with Crippen LogP contribution in [0.25, 0.3) is 0 Å². The molecule has 0 saturated carbocycles. The van der Waals surface area contributed by atoms with Crippen molar-refractivity contribution >= 4 is 7.37 Å². The molecule has 3 unspecified atom stereocenters. The molecule has 0 aromatic heterocycles. The van der Waals surface area contributed by atoms with Crippen molar-refractivity contribution in [1.29, 1.82) is 0 Å². The molecule has 2 aromatic rings. The third-order valence-corrected chi connectivity index (χ3v) is 8.76. The van der Waals surface area contributed by atoms with E-state index >= 15 is 0 Å². The van der Waals surface area contributed by atoms with Crippen molar-refractivity contribution in [1.82, 2.24) is 4.90 Å². The third-order valence-electron chi connectivity index (χ3n) is 5.88. The van der Waals surface area contributed by atoms with E-state index in [2.05, 4.69) is 55.1 Å². The van der Waals surface area contributed by atoms with Crippen molar-refractivity contribution in [2.45, 2.75) is 38.3 Å². The number of rotatable bonds is 5. The minimum atomic E-state index is -2.96. The average molecular weight is 385 g/mol. The zero-order valence-corrected chi connectivity index (χ0v) is 17.1. The molecule has 2 aliphatic rings. The van der Waals surface area contributed by atoms with Crippen LogP contribution in [0.2, 0.25) is 0 Å². The molecule has 2 aromatic carbocycles. The summed E-state index contributed by atoms with van der Waals surface area (Å²) >= 11 is 0. The normalized spacial score (nSPS) is 33.5. The van der Waals surface area contributed by atoms with E-state index in [9.17, 15) is 4.57 Å². The maximum atomic E-state index is 14.1. The second-order valence-electron chi connectivity index (χ2n) is 7.73. The van der Waals surface area contributed by atoms with Gasteiger partial charge in [0.1, 0.15) is 11.5 Å². The van der Waals surface area contributed by atoms with Gasteiger partial charge in [-0.25, -0.2) is 4.90 Å². The van der Waals surface area contributed by atoms with Crippen molar-refractivity contribution in [2.75, 3.05) is 19.4 Å². The molecule has 0 bridgehead atoms. The molecule has 5 heteroatoms. The number of fused-ring (bicyclic) bond motifs is 1. The molecule has 4 atom stereocenters. The molecule has 2 heterocycles. The van der Waals surface area contributed by atoms with Gasteiger partial charge in [0.05, 0.1) is 25.4 Å². The first kappa shape index (κ1) is 18.9. The fourth-order valence-electron chi connectivity index (χ4n) is 4.67. The lowest BCUT2D eigenvalue weighted by Gasteiger charge is -2.38. The fraction of sp³-hybridized carbons (Fsp3) is 0.455. The summed E-state index contributed by atoms with van der Waals surface area (Å²) in [4.78, 5) is 2.36. The summed E-state index contributed by atoms with van der Waals surface area (Å²) in [5.74, 6) is -0.0811. The predicted octanol–water partition coefficient (Wildman–Crippen LogP) is 5.44. The molecule has 0 spiro atoms. The van der Waals surface area contributed by atoms with Gasteiger partial charge < -0.3 is 9.26 Å². The summed E-state index contributed by atoms with van der Waals surface area (Å²) in [5.41, 5.74) is 1.68. The van der Waals surface area contributed by atoms with E-state index in [0.717, 1.165) is 5.56 Å². The quantitative estimate of drug-likeness (QED) is 0.643. The second-order valence-corrected chi connectivity index (χ2v) is 10.2. The molecular weight excluding hydrogens is 357 g/mol. The van der Waals surface area contributed by atoms with Gasteiger partial charge in [0.25, 0.3) is 0 Å². The van der Waals surface area contributed by atoms with Gasteiger partial charge in [0.2, 0.25) is 7.37 Å². The Morgan fingerprint density at radius 1 is 1.11 bits per heavy atom. The summed E-state index contributed by atoms with van der Waals surface area (Å²) < 4.78 is 26.5. The highest BCUT2D eigenvalue weighted by molar-refractivity contribution is 7.59. The van der Waals surface area contributed by atoms with Gasteiger partial charge in [-0.15, -0.1) is 0 Å². The highest BCUT2D eigenvalue weighted by Crippen LogP contribution is 2.73. The Bertz CT molecular complexity index is 826. The van der Waals surface area contributed by atoms with Crippen LogP contribution in [0.4, 0.5) is 0 Å². The third kappa shape index (κ3) is 3.00. The van der Waals surface area contributed by atoms with Crippen LogP contribution < -0.4 is 0 Å². The van der Waals surface area contributed by atoms with Crippen molar-refractivity contribution in [3.8, 4) is 0 Å². The highest BCUT2D eigenvalue weighted by Gasteiger charge is 2.66. The molecular formula is C22H28NO3P. The molecule has 4 nitrogen and oxygen atoms in total. The van der Waals surface area contributed by atoms with Crippen LogP contribution in [-0.4, -0.2) is 30.0 Å². The Kier molecular flexibility index (Phi) is 5.02. The SMILES string of the molecule is CCOP1(=O)CC2(C(C)C)OC[C@H](c3ccccc3)N2C1c1ccccc1. The number of ether oxygens (including phenoxy) is 1. The van der Waals surface area contributed by atoms with Gasteiger partial charge in [0.15, 0.2) is 0 Å². The lowest BCUT2D eigenvalue weighted by atomic mass is 9.96. The van der Waals surface area contributed by atoms with Crippen molar-refractivity contribution < 1.29 is 13.8 Å². The Labute approximate surface area is 161 Å². The van der Waals surface area contributed by atoms with E-state index in [4.69, 9.17) is 9.26 Å². The highest BCUT2D eigenvalue weighted by atomic mass is 31.2. The van der Waals surface area contributed by atoms with Gasteiger partial charge in [0, 0.05) is 0 Å². The molecule has 0 aliphatic carbocycles. The first-order valence-electron chi connectivity index (χ1n) is 9.77. The Balaban J connectivity index is 1.88. The van der Waals surface area contributed by atoms with Gasteiger partial charge in [-0.1, -0.05) is 74.5 Å². The van der Waals surface area contributed by atoms with E-state index < -0.39 is 13.1 Å². The lowest BCUT2D eigenvalue weighted by molar-refractivity contribution is -0.0964. The molecule has 0 N–H and O–H groups in total. The van der Waals surface area contributed by atoms with Crippen LogP contribution in [0.15, 0.2) is 60.7 Å². The van der Waals surface area contributed by atoms with Gasteiger partial charge in [-0.3, -0.25) is 4.57 Å². The largest absolute Gasteiger partial charge is 0.358 e. The molecule has 144 valence electrons. The Morgan fingerprint density at radius 3 is 2.26 bits per heavy atom. The summed E-state index contributed by atoms with van der Waals surface area (Å²) in [5, 5.41) is 0. The van der Waals surface area contributed by atoms with Crippen LogP contribution in [0.5, 0.6) is 0 Å². The van der Waals surface area contributed by atoms with Gasteiger partial charge >= 0.3 is 0 Å². The summed E-state index contributed by atoms with van der Waals surface area (Å²) in [6, 6.07) is 20.6. The van der Waals surface area contributed by atoms with Gasteiger partial charge in [-0.05, 0) is 24.0 Å². The van der Waals surface area contributed by atoms with E-state index in [1.807, 2.05) is 31.2 Å². The van der Waals surface area contributed by atoms with Crippen LogP contribution in [0, 0.1) is 5.92 Å². The zero-order valence-electron chi connectivity index (χ0n) is 16.2. The van der Waals surface area contributed by atoms with Gasteiger partial charge in [-0.2, -0.15) is 0 Å². The summed E-state index contributed by atoms with van der Waals surface area (Å²) in [6.45, 7) is 7.28. The number of hydrogen-bond acceptors (Lipinski definition) is 4. The van der Waals surface area contributed by atoms with E-state index in [1.165, 1.54) is 5.56 Å². The topological polar surface area (TPSA) is 38.8 Å². The molecule has 2 saturated heterocycles. The standard InChI is InChI=1S/C22H28NO3P/c1-4-26-27(24)16-22(17(2)3)23(21(27)19-13-9-6-10-14-19)20(15-25-22)18-11-7-5-8-12-18/h5-14,17,20-21H,4,15-16H2,1-3H3/t20-,21?,22?,27?/m1/s1. The van der Waals surface area contributed by atoms with E-state index in [1.54, 1.807) is 0 Å². The lowest BCUT2D eigenvalue weighted by Crippen LogP contribution is -2.47. The average Bonchev–Trinajstić information content (AvgIpc) is 3.15. The first-order chi connectivity index (χ1) is 13.0. The van der Waals surface area contributed by atoms with Crippen LogP contribution in [0.3, 0.4) is 0 Å². The second kappa shape index (κ2) is 7.18. The summed E-state index contributed by atoms with van der Waals surface area (Å²) in [6.07, 6.45) is 0.439. The maximum Gasteiger partial charge on any atom is 0.228 e. The molecule has 2 aliphatic heterocycles. The van der Waals surface area contributed by atoms with E-state index in [0.29, 0.717) is 19.4 Å². The molecule has 27 heavy (non-hydrogen) atoms. The predicted molar refractivity (Wildman–Crippen MR) is 108 cm³/mol. The monoisotopic (exact) mass is 385 g/mol. The first-order valence-corrected chi connectivity index (χ1v) is 11.7. The fourth-order valence-corrected chi connectivity index (χ4v) is 8.12. The van der Waals surface area contributed by atoms with Crippen LogP contribution >= 0.6 is 7.37 Å². The van der Waals surface area contributed by atoms with E-state index in [-0.39, 0.29) is 17.7 Å². The minimum absolute atomic E-state index is 0.0649. The number of hydrogen-bond donors (Lipinski definition) is 0. The van der Waals surface area contributed by atoms with Crippen molar-refractivity contribution in [3.63, 3.8) is 0 Å². The Hall–Kier alpha value is -1.45. The van der Waals surface area contributed by atoms with Crippen molar-refractivity contribution in [3.05, 3.63) is 71.8 Å². The number of benzene rings is 2. The number of nitrogens with zero attached hydrogens (tertiary/aromatic N) is 1. The molecule has 2 fully saturated rings.